The van der Waals surface area contributed by atoms with E-state index in [1.165, 1.54) is 19.1 Å². The number of hydrogen-bond donors (Lipinski definition) is 2. The molecule has 0 radical (unpaired) electrons. The average molecular weight is 371 g/mol. The van der Waals surface area contributed by atoms with Crippen LogP contribution in [-0.2, 0) is 4.79 Å². The predicted octanol–water partition coefficient (Wildman–Crippen LogP) is 5.64. The number of benzene rings is 1. The van der Waals surface area contributed by atoms with Gasteiger partial charge in [-0.15, -0.1) is 0 Å². The first-order valence-electron chi connectivity index (χ1n) is 9.08. The highest BCUT2D eigenvalue weighted by Gasteiger charge is 2.14. The molecule has 5 heteroatoms. The zero-order chi connectivity index (χ0) is 21.0. The molecule has 5 nitrogen and oxygen atoms in total. The number of allylic oxidation sites excluding steroid dienone is 3. The maximum Gasteiger partial charge on any atom is 0.339 e. The molecule has 0 bridgehead atoms. The number of ether oxygens (including phenoxy) is 1. The SMILES string of the molecule is C=C(/C=C(C(=O)O)\C(O)=C/C)c1ccc(OC(CC)CC)c(C#N)c1.CC. The summed E-state index contributed by atoms with van der Waals surface area (Å²) in [4.78, 5) is 11.2. The molecule has 0 aromatic heterocycles. The van der Waals surface area contributed by atoms with E-state index in [0.717, 1.165) is 12.8 Å². The van der Waals surface area contributed by atoms with E-state index < -0.39 is 5.97 Å². The Bertz CT molecular complexity index is 750. The quantitative estimate of drug-likeness (QED) is 0.351. The first-order valence-corrected chi connectivity index (χ1v) is 9.08. The first kappa shape index (κ1) is 24.0. The fourth-order valence-electron chi connectivity index (χ4n) is 2.21. The van der Waals surface area contributed by atoms with Gasteiger partial charge in [-0.3, -0.25) is 0 Å². The number of nitriles is 1. The second kappa shape index (κ2) is 12.4. The minimum atomic E-state index is -1.26. The van der Waals surface area contributed by atoms with E-state index >= 15 is 0 Å². The lowest BCUT2D eigenvalue weighted by atomic mass is 10.0. The summed E-state index contributed by atoms with van der Waals surface area (Å²) < 4.78 is 5.83. The zero-order valence-corrected chi connectivity index (χ0v) is 16.7. The number of nitrogens with zero attached hydrogens (tertiary/aromatic N) is 1. The van der Waals surface area contributed by atoms with Gasteiger partial charge in [-0.05, 0) is 55.2 Å². The molecule has 27 heavy (non-hydrogen) atoms. The van der Waals surface area contributed by atoms with E-state index in [1.54, 1.807) is 18.2 Å². The molecule has 1 aromatic rings. The highest BCUT2D eigenvalue weighted by Crippen LogP contribution is 2.26. The van der Waals surface area contributed by atoms with Crippen molar-refractivity contribution in [2.24, 2.45) is 0 Å². The number of rotatable bonds is 8. The van der Waals surface area contributed by atoms with Crippen LogP contribution in [0.1, 0.15) is 58.6 Å². The van der Waals surface area contributed by atoms with Crippen molar-refractivity contribution in [3.05, 3.63) is 59.4 Å². The third-order valence-corrected chi connectivity index (χ3v) is 3.77. The van der Waals surface area contributed by atoms with Crippen molar-refractivity contribution in [1.82, 2.24) is 0 Å². The number of aliphatic hydroxyl groups excluding tert-OH is 1. The Labute approximate surface area is 161 Å². The largest absolute Gasteiger partial charge is 0.507 e. The van der Waals surface area contributed by atoms with E-state index in [9.17, 15) is 20.3 Å². The van der Waals surface area contributed by atoms with Gasteiger partial charge in [-0.25, -0.2) is 4.79 Å². The fraction of sp³-hybridized carbons (Fsp3) is 0.364. The fourth-order valence-corrected chi connectivity index (χ4v) is 2.21. The van der Waals surface area contributed by atoms with E-state index in [-0.39, 0.29) is 17.4 Å². The summed E-state index contributed by atoms with van der Waals surface area (Å²) in [7, 11) is 0. The summed E-state index contributed by atoms with van der Waals surface area (Å²) in [5.74, 6) is -1.11. The van der Waals surface area contributed by atoms with Crippen LogP contribution in [0, 0.1) is 11.3 Å². The van der Waals surface area contributed by atoms with Crippen molar-refractivity contribution in [3.8, 4) is 11.8 Å². The third kappa shape index (κ3) is 7.02. The molecule has 0 atom stereocenters. The number of carbonyl (C=O) groups is 1. The van der Waals surface area contributed by atoms with E-state index in [0.29, 0.717) is 22.4 Å². The van der Waals surface area contributed by atoms with Crippen LogP contribution in [-0.4, -0.2) is 22.3 Å². The molecule has 0 saturated heterocycles. The molecule has 0 aliphatic heterocycles. The molecular formula is C22H29NO4. The van der Waals surface area contributed by atoms with Gasteiger partial charge in [-0.1, -0.05) is 40.3 Å². The Hall–Kier alpha value is -3.00. The Morgan fingerprint density at radius 1 is 1.30 bits per heavy atom. The summed E-state index contributed by atoms with van der Waals surface area (Å²) in [6, 6.07) is 7.08. The van der Waals surface area contributed by atoms with Gasteiger partial charge in [0.1, 0.15) is 23.2 Å². The maximum atomic E-state index is 11.2. The van der Waals surface area contributed by atoms with E-state index in [1.807, 2.05) is 27.7 Å². The summed E-state index contributed by atoms with van der Waals surface area (Å²) >= 11 is 0. The van der Waals surface area contributed by atoms with Crippen LogP contribution in [0.3, 0.4) is 0 Å². The minimum Gasteiger partial charge on any atom is -0.507 e. The third-order valence-electron chi connectivity index (χ3n) is 3.77. The van der Waals surface area contributed by atoms with Crippen LogP contribution in [0.15, 0.2) is 48.3 Å². The Kier molecular flexibility index (Phi) is 11.0. The zero-order valence-electron chi connectivity index (χ0n) is 16.7. The van der Waals surface area contributed by atoms with Gasteiger partial charge < -0.3 is 14.9 Å². The highest BCUT2D eigenvalue weighted by atomic mass is 16.5. The predicted molar refractivity (Wildman–Crippen MR) is 109 cm³/mol. The molecular weight excluding hydrogens is 342 g/mol. The molecule has 0 fully saturated rings. The van der Waals surface area contributed by atoms with Gasteiger partial charge in [0, 0.05) is 0 Å². The van der Waals surface area contributed by atoms with Crippen molar-refractivity contribution in [2.75, 3.05) is 0 Å². The van der Waals surface area contributed by atoms with Gasteiger partial charge in [0.25, 0.3) is 0 Å². The van der Waals surface area contributed by atoms with Crippen LogP contribution in [0.4, 0.5) is 0 Å². The van der Waals surface area contributed by atoms with Crippen LogP contribution in [0.2, 0.25) is 0 Å². The van der Waals surface area contributed by atoms with Crippen molar-refractivity contribution in [3.63, 3.8) is 0 Å². The summed E-state index contributed by atoms with van der Waals surface area (Å²) in [6.07, 6.45) is 4.27. The maximum absolute atomic E-state index is 11.2. The molecule has 0 spiro atoms. The molecule has 0 amide bonds. The van der Waals surface area contributed by atoms with E-state index in [4.69, 9.17) is 4.74 Å². The lowest BCUT2D eigenvalue weighted by molar-refractivity contribution is -0.132. The summed E-state index contributed by atoms with van der Waals surface area (Å²) in [6.45, 7) is 13.4. The number of carboxylic acids is 1. The molecule has 0 aliphatic carbocycles. The number of hydrogen-bond acceptors (Lipinski definition) is 4. The second-order valence-electron chi connectivity index (χ2n) is 5.44. The molecule has 146 valence electrons. The molecule has 1 aromatic carbocycles. The van der Waals surface area contributed by atoms with Crippen molar-refractivity contribution in [1.29, 1.82) is 5.26 Å². The smallest absolute Gasteiger partial charge is 0.339 e. The number of carboxylic acid groups (broad SMARTS) is 1. The second-order valence-corrected chi connectivity index (χ2v) is 5.44. The number of aliphatic hydroxyl groups is 1. The number of aliphatic carboxylic acids is 1. The molecule has 1 rings (SSSR count). The van der Waals surface area contributed by atoms with E-state index in [2.05, 4.69) is 12.6 Å². The van der Waals surface area contributed by atoms with Gasteiger partial charge in [0.2, 0.25) is 0 Å². The summed E-state index contributed by atoms with van der Waals surface area (Å²) in [5, 5.41) is 28.2. The molecule has 0 saturated carbocycles. The Balaban J connectivity index is 0.00000326. The van der Waals surface area contributed by atoms with Crippen LogP contribution in [0.25, 0.3) is 5.57 Å². The van der Waals surface area contributed by atoms with Gasteiger partial charge in [-0.2, -0.15) is 5.26 Å². The van der Waals surface area contributed by atoms with Crippen LogP contribution in [0.5, 0.6) is 5.75 Å². The van der Waals surface area contributed by atoms with Gasteiger partial charge in [0.15, 0.2) is 0 Å². The van der Waals surface area contributed by atoms with Crippen molar-refractivity contribution < 1.29 is 19.7 Å². The standard InChI is InChI=1S/C20H23NO4.C2H6/c1-5-16(6-2)25-19-9-8-14(11-15(19)12-21)13(4)10-17(20(23)24)18(22)7-3;1-2/h7-11,16,22H,4-6H2,1-3H3,(H,23,24);1-2H3/b17-10+,18-7+;. The minimum absolute atomic E-state index is 0.0336. The molecule has 0 aliphatic rings. The summed E-state index contributed by atoms with van der Waals surface area (Å²) in [5.41, 5.74) is 1.04. The van der Waals surface area contributed by atoms with Crippen molar-refractivity contribution in [2.45, 2.75) is 53.6 Å². The monoisotopic (exact) mass is 371 g/mol. The molecule has 0 unspecified atom stereocenters. The van der Waals surface area contributed by atoms with Crippen molar-refractivity contribution >= 4 is 11.5 Å². The highest BCUT2D eigenvalue weighted by molar-refractivity contribution is 5.94. The van der Waals surface area contributed by atoms with Gasteiger partial charge >= 0.3 is 5.97 Å². The van der Waals surface area contributed by atoms with Crippen LogP contribution >= 0.6 is 0 Å². The first-order chi connectivity index (χ1) is 12.9. The van der Waals surface area contributed by atoms with Crippen LogP contribution < -0.4 is 4.74 Å². The average Bonchev–Trinajstić information content (AvgIpc) is 2.70. The Morgan fingerprint density at radius 3 is 2.33 bits per heavy atom. The lowest BCUT2D eigenvalue weighted by Gasteiger charge is -2.17. The lowest BCUT2D eigenvalue weighted by Crippen LogP contribution is -2.14. The molecule has 0 heterocycles. The normalized spacial score (nSPS) is 11.3. The molecule has 2 N–H and O–H groups in total. The Morgan fingerprint density at radius 2 is 1.89 bits per heavy atom. The van der Waals surface area contributed by atoms with Gasteiger partial charge in [0.05, 0.1) is 11.7 Å². The topological polar surface area (TPSA) is 90.6 Å².